The van der Waals surface area contributed by atoms with Crippen LogP contribution in [0.3, 0.4) is 0 Å². The van der Waals surface area contributed by atoms with Gasteiger partial charge in [-0.05, 0) is 19.1 Å². The quantitative estimate of drug-likeness (QED) is 0.712. The van der Waals surface area contributed by atoms with Gasteiger partial charge in [0, 0.05) is 6.20 Å². The van der Waals surface area contributed by atoms with Crippen molar-refractivity contribution in [1.29, 1.82) is 0 Å². The molecule has 1 aromatic rings. The number of nitrogens with two attached hydrogens (primary N) is 1. The lowest BCUT2D eigenvalue weighted by molar-refractivity contribution is -0.272. The van der Waals surface area contributed by atoms with Crippen molar-refractivity contribution in [2.24, 2.45) is 5.73 Å². The number of pyridine rings is 1. The van der Waals surface area contributed by atoms with E-state index in [1.165, 1.54) is 0 Å². The number of ether oxygens (including phenoxy) is 2. The van der Waals surface area contributed by atoms with Gasteiger partial charge in [0.1, 0.15) is 0 Å². The third kappa shape index (κ3) is 1.77. The third-order valence-corrected chi connectivity index (χ3v) is 2.28. The molecule has 0 saturated carbocycles. The molecule has 0 aromatic carbocycles. The van der Waals surface area contributed by atoms with Gasteiger partial charge in [-0.1, -0.05) is 6.07 Å². The topological polar surface area (TPSA) is 57.4 Å². The van der Waals surface area contributed by atoms with Gasteiger partial charge >= 0.3 is 0 Å². The van der Waals surface area contributed by atoms with E-state index in [9.17, 15) is 0 Å². The van der Waals surface area contributed by atoms with Gasteiger partial charge in [-0.25, -0.2) is 0 Å². The fourth-order valence-electron chi connectivity index (χ4n) is 1.40. The molecule has 1 saturated heterocycles. The summed E-state index contributed by atoms with van der Waals surface area (Å²) in [6, 6.07) is 5.62. The first-order chi connectivity index (χ1) is 6.71. The van der Waals surface area contributed by atoms with Crippen LogP contribution in [0.4, 0.5) is 0 Å². The number of hydrogen-bond acceptors (Lipinski definition) is 4. The van der Waals surface area contributed by atoms with Gasteiger partial charge in [-0.2, -0.15) is 0 Å². The van der Waals surface area contributed by atoms with E-state index >= 15 is 0 Å². The molecule has 76 valence electrons. The summed E-state index contributed by atoms with van der Waals surface area (Å²) in [5, 5.41) is 0. The monoisotopic (exact) mass is 194 g/mol. The molecule has 0 spiro atoms. The maximum absolute atomic E-state index is 5.66. The van der Waals surface area contributed by atoms with Gasteiger partial charge in [0.05, 0.1) is 24.9 Å². The highest BCUT2D eigenvalue weighted by atomic mass is 16.7. The van der Waals surface area contributed by atoms with Gasteiger partial charge in [0.2, 0.25) is 5.79 Å². The van der Waals surface area contributed by atoms with Crippen LogP contribution >= 0.6 is 0 Å². The average molecular weight is 194 g/mol. The van der Waals surface area contributed by atoms with E-state index in [4.69, 9.17) is 15.2 Å². The summed E-state index contributed by atoms with van der Waals surface area (Å²) in [4.78, 5) is 4.21. The molecule has 1 aliphatic rings. The second-order valence-electron chi connectivity index (χ2n) is 3.54. The van der Waals surface area contributed by atoms with Crippen molar-refractivity contribution in [2.45, 2.75) is 18.8 Å². The van der Waals surface area contributed by atoms with Crippen molar-refractivity contribution in [3.63, 3.8) is 0 Å². The molecule has 14 heavy (non-hydrogen) atoms. The first-order valence-corrected chi connectivity index (χ1v) is 4.66. The van der Waals surface area contributed by atoms with Crippen LogP contribution in [0.1, 0.15) is 12.6 Å². The van der Waals surface area contributed by atoms with E-state index in [0.717, 1.165) is 5.69 Å². The van der Waals surface area contributed by atoms with Crippen LogP contribution < -0.4 is 5.73 Å². The predicted octanol–water partition coefficient (Wildman–Crippen LogP) is 0.628. The number of rotatable bonds is 1. The zero-order valence-corrected chi connectivity index (χ0v) is 8.14. The molecule has 0 atom stereocenters. The van der Waals surface area contributed by atoms with Gasteiger partial charge in [0.15, 0.2) is 0 Å². The summed E-state index contributed by atoms with van der Waals surface area (Å²) < 4.78 is 11.1. The molecule has 0 amide bonds. The summed E-state index contributed by atoms with van der Waals surface area (Å²) in [7, 11) is 0. The Balaban J connectivity index is 2.17. The first-order valence-electron chi connectivity index (χ1n) is 4.66. The Labute approximate surface area is 83.0 Å². The van der Waals surface area contributed by atoms with Gasteiger partial charge in [0.25, 0.3) is 0 Å². The molecule has 1 aromatic heterocycles. The molecule has 0 aliphatic carbocycles. The summed E-state index contributed by atoms with van der Waals surface area (Å²) in [5.74, 6) is -0.739. The minimum Gasteiger partial charge on any atom is -0.343 e. The van der Waals surface area contributed by atoms with Crippen LogP contribution in [0.5, 0.6) is 0 Å². The molecule has 0 radical (unpaired) electrons. The van der Waals surface area contributed by atoms with E-state index in [0.29, 0.717) is 13.2 Å². The van der Waals surface area contributed by atoms with Crippen molar-refractivity contribution >= 4 is 0 Å². The lowest BCUT2D eigenvalue weighted by Gasteiger charge is -2.35. The summed E-state index contributed by atoms with van der Waals surface area (Å²) in [5.41, 5.74) is 6.45. The molecule has 0 bridgehead atoms. The molecule has 2 rings (SSSR count). The van der Waals surface area contributed by atoms with Gasteiger partial charge < -0.3 is 15.2 Å². The second-order valence-corrected chi connectivity index (χ2v) is 3.54. The van der Waals surface area contributed by atoms with E-state index in [1.54, 1.807) is 6.20 Å². The largest absolute Gasteiger partial charge is 0.343 e. The smallest absolute Gasteiger partial charge is 0.209 e. The number of aromatic nitrogens is 1. The van der Waals surface area contributed by atoms with E-state index in [-0.39, 0.29) is 6.04 Å². The van der Waals surface area contributed by atoms with Crippen molar-refractivity contribution in [3.8, 4) is 0 Å². The van der Waals surface area contributed by atoms with Crippen molar-refractivity contribution < 1.29 is 9.47 Å². The maximum Gasteiger partial charge on any atom is 0.209 e. The van der Waals surface area contributed by atoms with Crippen LogP contribution in [0.25, 0.3) is 0 Å². The van der Waals surface area contributed by atoms with Gasteiger partial charge in [-0.3, -0.25) is 4.98 Å². The van der Waals surface area contributed by atoms with Crippen LogP contribution in [0.15, 0.2) is 24.4 Å². The van der Waals surface area contributed by atoms with Crippen LogP contribution in [0.2, 0.25) is 0 Å². The Morgan fingerprint density at radius 2 is 2.14 bits per heavy atom. The molecular formula is C10H14N2O2. The summed E-state index contributed by atoms with van der Waals surface area (Å²) in [6.45, 7) is 2.88. The zero-order chi connectivity index (χ0) is 10.0. The average Bonchev–Trinajstić information content (AvgIpc) is 2.24. The molecule has 0 unspecified atom stereocenters. The SMILES string of the molecule is CC1(c2ccccn2)OCC(N)CO1. The van der Waals surface area contributed by atoms with Crippen LogP contribution in [0, 0.1) is 0 Å². The highest BCUT2D eigenvalue weighted by Crippen LogP contribution is 2.27. The predicted molar refractivity (Wildman–Crippen MR) is 51.5 cm³/mol. The molecule has 2 heterocycles. The highest BCUT2D eigenvalue weighted by Gasteiger charge is 2.34. The fraction of sp³-hybridized carbons (Fsp3) is 0.500. The minimum atomic E-state index is -0.739. The lowest BCUT2D eigenvalue weighted by atomic mass is 10.1. The molecular weight excluding hydrogens is 180 g/mol. The Morgan fingerprint density at radius 3 is 2.71 bits per heavy atom. The fourth-order valence-corrected chi connectivity index (χ4v) is 1.40. The number of nitrogens with zero attached hydrogens (tertiary/aromatic N) is 1. The molecule has 2 N–H and O–H groups in total. The van der Waals surface area contributed by atoms with Crippen molar-refractivity contribution in [1.82, 2.24) is 4.98 Å². The second kappa shape index (κ2) is 3.65. The van der Waals surface area contributed by atoms with Gasteiger partial charge in [-0.15, -0.1) is 0 Å². The van der Waals surface area contributed by atoms with Crippen LogP contribution in [-0.4, -0.2) is 24.2 Å². The Hall–Kier alpha value is -0.970. The maximum atomic E-state index is 5.66. The molecule has 1 aliphatic heterocycles. The normalized spacial score (nSPS) is 32.9. The first kappa shape index (κ1) is 9.58. The van der Waals surface area contributed by atoms with E-state index in [1.807, 2.05) is 25.1 Å². The molecule has 1 fully saturated rings. The third-order valence-electron chi connectivity index (χ3n) is 2.28. The Morgan fingerprint density at radius 1 is 1.43 bits per heavy atom. The summed E-state index contributed by atoms with van der Waals surface area (Å²) >= 11 is 0. The highest BCUT2D eigenvalue weighted by molar-refractivity contribution is 5.09. The van der Waals surface area contributed by atoms with Crippen molar-refractivity contribution in [2.75, 3.05) is 13.2 Å². The molecule has 4 heteroatoms. The van der Waals surface area contributed by atoms with Crippen LogP contribution in [-0.2, 0) is 15.3 Å². The minimum absolute atomic E-state index is 0.0354. The molecule has 4 nitrogen and oxygen atoms in total. The lowest BCUT2D eigenvalue weighted by Crippen LogP contribution is -2.46. The van der Waals surface area contributed by atoms with E-state index < -0.39 is 5.79 Å². The Bertz CT molecular complexity index is 294. The van der Waals surface area contributed by atoms with E-state index in [2.05, 4.69) is 4.98 Å². The zero-order valence-electron chi connectivity index (χ0n) is 8.14. The standard InChI is InChI=1S/C10H14N2O2/c1-10(9-4-2-3-5-12-9)13-6-8(11)7-14-10/h2-5,8H,6-7,11H2,1H3. The Kier molecular flexibility index (Phi) is 2.50. The summed E-state index contributed by atoms with van der Waals surface area (Å²) in [6.07, 6.45) is 1.72. The van der Waals surface area contributed by atoms with Crippen molar-refractivity contribution in [3.05, 3.63) is 30.1 Å². The number of hydrogen-bond donors (Lipinski definition) is 1.